The van der Waals surface area contributed by atoms with Crippen LogP contribution in [-0.4, -0.2) is 19.3 Å². The first kappa shape index (κ1) is 14.9. The molecule has 0 saturated heterocycles. The number of carbonyl (C=O) groups is 1. The fourth-order valence-electron chi connectivity index (χ4n) is 1.78. The topological polar surface area (TPSA) is 128 Å². The fraction of sp³-hybridized carbons (Fsp3) is 0.0769. The van der Waals surface area contributed by atoms with Gasteiger partial charge in [0.1, 0.15) is 5.82 Å². The Morgan fingerprint density at radius 1 is 1.24 bits per heavy atom. The minimum atomic E-state index is -3.82. The van der Waals surface area contributed by atoms with Gasteiger partial charge in [-0.15, -0.1) is 0 Å². The Morgan fingerprint density at radius 3 is 2.57 bits per heavy atom. The lowest BCUT2D eigenvalue weighted by atomic mass is 10.2. The molecule has 5 N–H and O–H groups in total. The SMILES string of the molecule is Cc1cc(C(=O)Nc2cccc(S(N)(=O)=O)c2)cc(N)n1. The lowest BCUT2D eigenvalue weighted by Gasteiger charge is -2.08. The van der Waals surface area contributed by atoms with Crippen molar-refractivity contribution in [1.29, 1.82) is 0 Å². The van der Waals surface area contributed by atoms with Crippen LogP contribution in [0.2, 0.25) is 0 Å². The van der Waals surface area contributed by atoms with E-state index in [4.69, 9.17) is 10.9 Å². The Labute approximate surface area is 122 Å². The van der Waals surface area contributed by atoms with Crippen LogP contribution >= 0.6 is 0 Å². The molecule has 0 radical (unpaired) electrons. The van der Waals surface area contributed by atoms with Crippen LogP contribution in [0.4, 0.5) is 11.5 Å². The molecular formula is C13H14N4O3S. The molecule has 7 nitrogen and oxygen atoms in total. The molecule has 1 amide bonds. The molecule has 0 unspecified atom stereocenters. The van der Waals surface area contributed by atoms with Crippen molar-refractivity contribution >= 4 is 27.4 Å². The van der Waals surface area contributed by atoms with Crippen molar-refractivity contribution in [3.63, 3.8) is 0 Å². The van der Waals surface area contributed by atoms with E-state index in [1.54, 1.807) is 19.1 Å². The highest BCUT2D eigenvalue weighted by atomic mass is 32.2. The Morgan fingerprint density at radius 2 is 1.95 bits per heavy atom. The third-order valence-corrected chi connectivity index (χ3v) is 3.57. The van der Waals surface area contributed by atoms with Crippen LogP contribution in [-0.2, 0) is 10.0 Å². The number of nitrogens with one attached hydrogen (secondary N) is 1. The van der Waals surface area contributed by atoms with Crippen LogP contribution in [0.5, 0.6) is 0 Å². The molecule has 110 valence electrons. The van der Waals surface area contributed by atoms with E-state index in [9.17, 15) is 13.2 Å². The second-order valence-corrected chi connectivity index (χ2v) is 6.01. The summed E-state index contributed by atoms with van der Waals surface area (Å²) >= 11 is 0. The number of primary sulfonamides is 1. The number of carbonyl (C=O) groups excluding carboxylic acids is 1. The van der Waals surface area contributed by atoms with E-state index in [0.717, 1.165) is 0 Å². The average molecular weight is 306 g/mol. The van der Waals surface area contributed by atoms with Gasteiger partial charge < -0.3 is 11.1 Å². The van der Waals surface area contributed by atoms with Gasteiger partial charge in [0.25, 0.3) is 5.91 Å². The van der Waals surface area contributed by atoms with Crippen LogP contribution in [0.3, 0.4) is 0 Å². The lowest BCUT2D eigenvalue weighted by molar-refractivity contribution is 0.102. The highest BCUT2D eigenvalue weighted by Crippen LogP contribution is 2.16. The van der Waals surface area contributed by atoms with Crippen LogP contribution in [0.1, 0.15) is 16.1 Å². The molecule has 0 atom stereocenters. The molecule has 2 rings (SSSR count). The number of nitrogen functional groups attached to an aromatic ring is 1. The van der Waals surface area contributed by atoms with Crippen molar-refractivity contribution in [1.82, 2.24) is 4.98 Å². The number of anilines is 2. The van der Waals surface area contributed by atoms with E-state index in [0.29, 0.717) is 16.9 Å². The normalized spacial score (nSPS) is 11.1. The van der Waals surface area contributed by atoms with Crippen molar-refractivity contribution in [2.24, 2.45) is 5.14 Å². The monoisotopic (exact) mass is 306 g/mol. The van der Waals surface area contributed by atoms with E-state index in [-0.39, 0.29) is 10.7 Å². The molecule has 2 aromatic rings. The highest BCUT2D eigenvalue weighted by molar-refractivity contribution is 7.89. The van der Waals surface area contributed by atoms with Crippen molar-refractivity contribution in [3.8, 4) is 0 Å². The average Bonchev–Trinajstić information content (AvgIpc) is 2.37. The minimum absolute atomic E-state index is 0.0780. The van der Waals surface area contributed by atoms with E-state index in [2.05, 4.69) is 10.3 Å². The maximum Gasteiger partial charge on any atom is 0.255 e. The van der Waals surface area contributed by atoms with Gasteiger partial charge >= 0.3 is 0 Å². The van der Waals surface area contributed by atoms with Gasteiger partial charge in [0.15, 0.2) is 0 Å². The predicted octanol–water partition coefficient (Wildman–Crippen LogP) is 0.872. The highest BCUT2D eigenvalue weighted by Gasteiger charge is 2.11. The molecule has 21 heavy (non-hydrogen) atoms. The number of rotatable bonds is 3. The molecule has 0 fully saturated rings. The number of aryl methyl sites for hydroxylation is 1. The molecule has 0 aliphatic rings. The maximum atomic E-state index is 12.1. The number of nitrogens with two attached hydrogens (primary N) is 2. The molecule has 8 heteroatoms. The maximum absolute atomic E-state index is 12.1. The number of aromatic nitrogens is 1. The summed E-state index contributed by atoms with van der Waals surface area (Å²) in [5.74, 6) is -0.183. The van der Waals surface area contributed by atoms with Crippen molar-refractivity contribution < 1.29 is 13.2 Å². The zero-order valence-electron chi connectivity index (χ0n) is 11.2. The smallest absolute Gasteiger partial charge is 0.255 e. The number of nitrogens with zero attached hydrogens (tertiary/aromatic N) is 1. The first-order valence-electron chi connectivity index (χ1n) is 5.94. The number of amides is 1. The summed E-state index contributed by atoms with van der Waals surface area (Å²) in [6.07, 6.45) is 0. The van der Waals surface area contributed by atoms with Crippen LogP contribution < -0.4 is 16.2 Å². The zero-order valence-corrected chi connectivity index (χ0v) is 12.0. The Bertz CT molecular complexity index is 783. The van der Waals surface area contributed by atoms with Crippen LogP contribution in [0.15, 0.2) is 41.3 Å². The molecule has 1 aromatic heterocycles. The molecule has 0 aliphatic carbocycles. The summed E-state index contributed by atoms with van der Waals surface area (Å²) in [5, 5.41) is 7.62. The molecule has 0 aliphatic heterocycles. The minimum Gasteiger partial charge on any atom is -0.384 e. The summed E-state index contributed by atoms with van der Waals surface area (Å²) < 4.78 is 22.5. The van der Waals surface area contributed by atoms with Crippen LogP contribution in [0.25, 0.3) is 0 Å². The Hall–Kier alpha value is -2.45. The summed E-state index contributed by atoms with van der Waals surface area (Å²) in [5.41, 5.74) is 6.85. The Kier molecular flexibility index (Phi) is 3.92. The van der Waals surface area contributed by atoms with E-state index >= 15 is 0 Å². The zero-order chi connectivity index (χ0) is 15.6. The molecule has 1 heterocycles. The first-order valence-corrected chi connectivity index (χ1v) is 7.49. The molecule has 0 spiro atoms. The van der Waals surface area contributed by atoms with Gasteiger partial charge in [-0.2, -0.15) is 0 Å². The van der Waals surface area contributed by atoms with Gasteiger partial charge in [0.2, 0.25) is 10.0 Å². The number of sulfonamides is 1. The quantitative estimate of drug-likeness (QED) is 0.775. The van der Waals surface area contributed by atoms with E-state index in [1.165, 1.54) is 24.3 Å². The van der Waals surface area contributed by atoms with Crippen molar-refractivity contribution in [3.05, 3.63) is 47.7 Å². The third-order valence-electron chi connectivity index (χ3n) is 2.66. The summed E-state index contributed by atoms with van der Waals surface area (Å²) in [7, 11) is -3.82. The second-order valence-electron chi connectivity index (χ2n) is 4.45. The molecule has 0 saturated carbocycles. The van der Waals surface area contributed by atoms with Crippen molar-refractivity contribution in [2.75, 3.05) is 11.1 Å². The number of benzene rings is 1. The van der Waals surface area contributed by atoms with Gasteiger partial charge in [0.05, 0.1) is 4.90 Å². The van der Waals surface area contributed by atoms with Gasteiger partial charge in [-0.3, -0.25) is 4.79 Å². The summed E-state index contributed by atoms with van der Waals surface area (Å²) in [6.45, 7) is 1.72. The number of hydrogen-bond acceptors (Lipinski definition) is 5. The van der Waals surface area contributed by atoms with Crippen molar-refractivity contribution in [2.45, 2.75) is 11.8 Å². The van der Waals surface area contributed by atoms with E-state index in [1.807, 2.05) is 0 Å². The summed E-state index contributed by atoms with van der Waals surface area (Å²) in [4.78, 5) is 16.0. The predicted molar refractivity (Wildman–Crippen MR) is 79.2 cm³/mol. The molecule has 1 aromatic carbocycles. The number of hydrogen-bond donors (Lipinski definition) is 3. The first-order chi connectivity index (χ1) is 9.75. The molecule has 0 bridgehead atoms. The summed E-state index contributed by atoms with van der Waals surface area (Å²) in [6, 6.07) is 8.69. The lowest BCUT2D eigenvalue weighted by Crippen LogP contribution is -2.15. The van der Waals surface area contributed by atoms with Gasteiger partial charge in [-0.1, -0.05) is 6.07 Å². The van der Waals surface area contributed by atoms with Crippen LogP contribution in [0, 0.1) is 6.92 Å². The third kappa shape index (κ3) is 3.77. The second kappa shape index (κ2) is 5.51. The number of pyridine rings is 1. The molecular weight excluding hydrogens is 292 g/mol. The largest absolute Gasteiger partial charge is 0.384 e. The Balaban J connectivity index is 2.28. The standard InChI is InChI=1S/C13H14N4O3S/c1-8-5-9(6-12(14)16-8)13(18)17-10-3-2-4-11(7-10)21(15,19)20/h2-7H,1H3,(H2,14,16)(H,17,18)(H2,15,19,20). The van der Waals surface area contributed by atoms with Gasteiger partial charge in [-0.05, 0) is 37.3 Å². The van der Waals surface area contributed by atoms with Gasteiger partial charge in [-0.25, -0.2) is 18.5 Å². The fourth-order valence-corrected chi connectivity index (χ4v) is 2.34. The van der Waals surface area contributed by atoms with Gasteiger partial charge in [0, 0.05) is 16.9 Å². The van der Waals surface area contributed by atoms with E-state index < -0.39 is 15.9 Å².